The molecule has 4 aromatic rings. The number of nitrogens with zero attached hydrogens (tertiary/aromatic N) is 3. The number of nitrogens with one attached hydrogen (secondary N) is 2. The topological polar surface area (TPSA) is 75.6 Å². The number of rotatable bonds is 4. The number of H-pyrrole nitrogens is 1. The maximum absolute atomic E-state index is 12.6. The van der Waals surface area contributed by atoms with E-state index in [4.69, 9.17) is 11.6 Å². The van der Waals surface area contributed by atoms with Crippen LogP contribution in [0.1, 0.15) is 37.9 Å². The highest BCUT2D eigenvalue weighted by Gasteiger charge is 2.21. The molecular weight excluding hydrogens is 386 g/mol. The summed E-state index contributed by atoms with van der Waals surface area (Å²) < 4.78 is 1.76. The molecule has 0 radical (unpaired) electrons. The standard InChI is InChI=1S/C22H22ClN5O/c1-22(2,3)28-19-17(13-24-28)20(29)27-21(26-19)25-18(14-8-5-4-6-9-14)15-10-7-11-16(23)12-15/h4-13,18H,1-3H3,(H2,25,26,27,29). The number of fused-ring (bicyclic) bond motifs is 1. The van der Waals surface area contributed by atoms with Crippen LogP contribution in [0.4, 0.5) is 5.95 Å². The Morgan fingerprint density at radius 1 is 1.07 bits per heavy atom. The molecule has 6 nitrogen and oxygen atoms in total. The van der Waals surface area contributed by atoms with E-state index < -0.39 is 0 Å². The number of hydrogen-bond donors (Lipinski definition) is 2. The molecule has 2 heterocycles. The lowest BCUT2D eigenvalue weighted by Gasteiger charge is -2.22. The second-order valence-corrected chi connectivity index (χ2v) is 8.36. The summed E-state index contributed by atoms with van der Waals surface area (Å²) >= 11 is 6.23. The first-order chi connectivity index (χ1) is 13.8. The van der Waals surface area contributed by atoms with Crippen LogP contribution in [0.3, 0.4) is 0 Å². The largest absolute Gasteiger partial charge is 0.345 e. The minimum absolute atomic E-state index is 0.231. The molecule has 2 N–H and O–H groups in total. The fourth-order valence-corrected chi connectivity index (χ4v) is 3.50. The molecular formula is C22H22ClN5O. The molecule has 7 heteroatoms. The average molecular weight is 408 g/mol. The number of aromatic nitrogens is 4. The third-order valence-electron chi connectivity index (χ3n) is 4.67. The zero-order valence-electron chi connectivity index (χ0n) is 16.5. The second kappa shape index (κ2) is 7.37. The van der Waals surface area contributed by atoms with E-state index in [2.05, 4.69) is 20.4 Å². The second-order valence-electron chi connectivity index (χ2n) is 7.92. The smallest absolute Gasteiger partial charge is 0.263 e. The molecule has 148 valence electrons. The van der Waals surface area contributed by atoms with Gasteiger partial charge in [-0.2, -0.15) is 10.1 Å². The summed E-state index contributed by atoms with van der Waals surface area (Å²) in [5, 5.41) is 8.85. The molecule has 0 aliphatic rings. The van der Waals surface area contributed by atoms with Crippen LogP contribution in [-0.2, 0) is 5.54 Å². The number of anilines is 1. The van der Waals surface area contributed by atoms with Crippen molar-refractivity contribution in [2.24, 2.45) is 0 Å². The van der Waals surface area contributed by atoms with Crippen molar-refractivity contribution in [1.82, 2.24) is 19.7 Å². The minimum atomic E-state index is -0.300. The Kier molecular flexibility index (Phi) is 4.88. The molecule has 0 saturated carbocycles. The normalized spacial score (nSPS) is 12.8. The van der Waals surface area contributed by atoms with E-state index in [-0.39, 0.29) is 17.1 Å². The Morgan fingerprint density at radius 2 is 1.79 bits per heavy atom. The fourth-order valence-electron chi connectivity index (χ4n) is 3.31. The van der Waals surface area contributed by atoms with Gasteiger partial charge in [0.15, 0.2) is 5.65 Å². The average Bonchev–Trinajstić information content (AvgIpc) is 3.12. The van der Waals surface area contributed by atoms with Crippen molar-refractivity contribution in [1.29, 1.82) is 0 Å². The van der Waals surface area contributed by atoms with Gasteiger partial charge in [0.25, 0.3) is 5.56 Å². The zero-order valence-corrected chi connectivity index (χ0v) is 17.2. The molecule has 1 atom stereocenters. The van der Waals surface area contributed by atoms with E-state index in [1.165, 1.54) is 0 Å². The van der Waals surface area contributed by atoms with Gasteiger partial charge in [0.1, 0.15) is 5.39 Å². The van der Waals surface area contributed by atoms with Crippen molar-refractivity contribution < 1.29 is 0 Å². The Labute approximate surface area is 173 Å². The van der Waals surface area contributed by atoms with Crippen molar-refractivity contribution >= 4 is 28.6 Å². The maximum atomic E-state index is 12.6. The molecule has 2 aromatic heterocycles. The molecule has 0 aliphatic carbocycles. The summed E-state index contributed by atoms with van der Waals surface area (Å²) in [6, 6.07) is 17.4. The van der Waals surface area contributed by atoms with Gasteiger partial charge in [-0.25, -0.2) is 4.68 Å². The van der Waals surface area contributed by atoms with Gasteiger partial charge in [0.2, 0.25) is 5.95 Å². The van der Waals surface area contributed by atoms with E-state index in [0.717, 1.165) is 11.1 Å². The first-order valence-electron chi connectivity index (χ1n) is 9.38. The summed E-state index contributed by atoms with van der Waals surface area (Å²) in [6.45, 7) is 6.07. The van der Waals surface area contributed by atoms with Crippen LogP contribution < -0.4 is 10.9 Å². The third kappa shape index (κ3) is 3.89. The summed E-state index contributed by atoms with van der Waals surface area (Å²) in [7, 11) is 0. The van der Waals surface area contributed by atoms with Gasteiger partial charge in [-0.1, -0.05) is 54.1 Å². The first kappa shape index (κ1) is 19.2. The number of aromatic amines is 1. The van der Waals surface area contributed by atoms with Crippen LogP contribution in [0, 0.1) is 0 Å². The molecule has 29 heavy (non-hydrogen) atoms. The van der Waals surface area contributed by atoms with Gasteiger partial charge in [-0.15, -0.1) is 0 Å². The fraction of sp³-hybridized carbons (Fsp3) is 0.227. The maximum Gasteiger partial charge on any atom is 0.263 e. The lowest BCUT2D eigenvalue weighted by atomic mass is 9.99. The minimum Gasteiger partial charge on any atom is -0.345 e. The molecule has 0 saturated heterocycles. The lowest BCUT2D eigenvalue weighted by Crippen LogP contribution is -2.24. The van der Waals surface area contributed by atoms with E-state index in [1.807, 2.05) is 75.4 Å². The summed E-state index contributed by atoms with van der Waals surface area (Å²) in [4.78, 5) is 20.2. The van der Waals surface area contributed by atoms with Crippen LogP contribution in [-0.4, -0.2) is 19.7 Å². The monoisotopic (exact) mass is 407 g/mol. The van der Waals surface area contributed by atoms with Crippen LogP contribution in [0.15, 0.2) is 65.6 Å². The molecule has 2 aromatic carbocycles. The van der Waals surface area contributed by atoms with E-state index in [1.54, 1.807) is 10.9 Å². The predicted molar refractivity (Wildman–Crippen MR) is 117 cm³/mol. The van der Waals surface area contributed by atoms with Crippen LogP contribution in [0.5, 0.6) is 0 Å². The van der Waals surface area contributed by atoms with Gasteiger partial charge >= 0.3 is 0 Å². The molecule has 4 rings (SSSR count). The SMILES string of the molecule is CC(C)(C)n1ncc2c(=O)[nH]c(NC(c3ccccc3)c3cccc(Cl)c3)nc21. The predicted octanol–water partition coefficient (Wildman–Crippen LogP) is 4.73. The van der Waals surface area contributed by atoms with Crippen molar-refractivity contribution in [3.05, 3.63) is 87.3 Å². The highest BCUT2D eigenvalue weighted by Crippen LogP contribution is 2.28. The van der Waals surface area contributed by atoms with Gasteiger partial charge < -0.3 is 5.32 Å². The highest BCUT2D eigenvalue weighted by molar-refractivity contribution is 6.30. The Morgan fingerprint density at radius 3 is 2.48 bits per heavy atom. The van der Waals surface area contributed by atoms with Gasteiger partial charge in [0.05, 0.1) is 17.8 Å². The summed E-state index contributed by atoms with van der Waals surface area (Å²) in [6.07, 6.45) is 1.56. The molecule has 0 amide bonds. The Bertz CT molecular complexity index is 1210. The van der Waals surface area contributed by atoms with E-state index >= 15 is 0 Å². The Balaban J connectivity index is 1.82. The third-order valence-corrected chi connectivity index (χ3v) is 4.90. The van der Waals surface area contributed by atoms with E-state index in [9.17, 15) is 4.79 Å². The Hall–Kier alpha value is -3.12. The summed E-state index contributed by atoms with van der Waals surface area (Å²) in [5.74, 6) is 0.377. The zero-order chi connectivity index (χ0) is 20.6. The van der Waals surface area contributed by atoms with Gasteiger partial charge in [-0.05, 0) is 44.0 Å². The quantitative estimate of drug-likeness (QED) is 0.512. The highest BCUT2D eigenvalue weighted by atomic mass is 35.5. The van der Waals surface area contributed by atoms with Crippen LogP contribution in [0.2, 0.25) is 5.02 Å². The molecule has 1 unspecified atom stereocenters. The van der Waals surface area contributed by atoms with Crippen molar-refractivity contribution in [2.75, 3.05) is 5.32 Å². The number of halogens is 1. The summed E-state index contributed by atoms with van der Waals surface area (Å²) in [5.41, 5.74) is 2.01. The van der Waals surface area contributed by atoms with Crippen molar-refractivity contribution in [2.45, 2.75) is 32.4 Å². The van der Waals surface area contributed by atoms with Crippen LogP contribution >= 0.6 is 11.6 Å². The van der Waals surface area contributed by atoms with E-state index in [0.29, 0.717) is 22.0 Å². The number of hydrogen-bond acceptors (Lipinski definition) is 4. The van der Waals surface area contributed by atoms with Gasteiger partial charge in [-0.3, -0.25) is 9.78 Å². The first-order valence-corrected chi connectivity index (χ1v) is 9.76. The van der Waals surface area contributed by atoms with Crippen molar-refractivity contribution in [3.63, 3.8) is 0 Å². The molecule has 0 bridgehead atoms. The van der Waals surface area contributed by atoms with Gasteiger partial charge in [0, 0.05) is 5.02 Å². The van der Waals surface area contributed by atoms with Crippen molar-refractivity contribution in [3.8, 4) is 0 Å². The molecule has 0 spiro atoms. The van der Waals surface area contributed by atoms with Crippen LogP contribution in [0.25, 0.3) is 11.0 Å². The number of benzene rings is 2. The lowest BCUT2D eigenvalue weighted by molar-refractivity contribution is 0.366. The molecule has 0 aliphatic heterocycles. The molecule has 0 fully saturated rings.